The highest BCUT2D eigenvalue weighted by Crippen LogP contribution is 2.18. The van der Waals surface area contributed by atoms with Gasteiger partial charge in [-0.15, -0.1) is 0 Å². The van der Waals surface area contributed by atoms with E-state index in [0.717, 1.165) is 13.0 Å². The predicted octanol–water partition coefficient (Wildman–Crippen LogP) is 2.15. The average molecular weight is 272 g/mol. The quantitative estimate of drug-likeness (QED) is 0.566. The molecule has 0 aromatic rings. The number of aliphatic hydroxyl groups is 1. The zero-order chi connectivity index (χ0) is 14.7. The third kappa shape index (κ3) is 7.53. The van der Waals surface area contributed by atoms with Crippen molar-refractivity contribution >= 4 is 5.91 Å². The molecule has 0 aromatic carbocycles. The molecule has 0 fully saturated rings. The molecule has 1 amide bonds. The number of hydrogen-bond donors (Lipinski definition) is 2. The van der Waals surface area contributed by atoms with E-state index in [0.29, 0.717) is 19.5 Å². The number of hydrogen-bond acceptors (Lipinski definition) is 3. The number of nitrogens with two attached hydrogens (primary N) is 1. The molecule has 0 heterocycles. The van der Waals surface area contributed by atoms with Gasteiger partial charge in [0.15, 0.2) is 0 Å². The minimum atomic E-state index is -0.501. The second-order valence-corrected chi connectivity index (χ2v) is 5.87. The lowest BCUT2D eigenvalue weighted by atomic mass is 9.91. The zero-order valence-corrected chi connectivity index (χ0v) is 13.0. The summed E-state index contributed by atoms with van der Waals surface area (Å²) < 4.78 is 0. The molecule has 4 nitrogen and oxygen atoms in total. The van der Waals surface area contributed by atoms with Crippen molar-refractivity contribution in [2.75, 3.05) is 26.2 Å². The molecule has 0 unspecified atom stereocenters. The fraction of sp³-hybridized carbons (Fsp3) is 0.933. The lowest BCUT2D eigenvalue weighted by Gasteiger charge is -2.31. The first-order valence-electron chi connectivity index (χ1n) is 7.60. The van der Waals surface area contributed by atoms with Crippen LogP contribution in [0.25, 0.3) is 0 Å². The summed E-state index contributed by atoms with van der Waals surface area (Å²) in [5.74, 6) is 0.110. The molecule has 19 heavy (non-hydrogen) atoms. The molecule has 0 atom stereocenters. The van der Waals surface area contributed by atoms with E-state index < -0.39 is 5.41 Å². The van der Waals surface area contributed by atoms with Gasteiger partial charge in [-0.2, -0.15) is 0 Å². The van der Waals surface area contributed by atoms with Gasteiger partial charge in [0, 0.05) is 26.2 Å². The summed E-state index contributed by atoms with van der Waals surface area (Å²) in [6.07, 6.45) is 6.57. The van der Waals surface area contributed by atoms with Crippen LogP contribution in [0.1, 0.15) is 59.3 Å². The molecule has 3 N–H and O–H groups in total. The Balaban J connectivity index is 4.25. The van der Waals surface area contributed by atoms with Crippen molar-refractivity contribution in [3.63, 3.8) is 0 Å². The molecular weight excluding hydrogens is 240 g/mol. The Bertz CT molecular complexity index is 242. The van der Waals surface area contributed by atoms with E-state index in [1.165, 1.54) is 25.7 Å². The van der Waals surface area contributed by atoms with Crippen molar-refractivity contribution in [1.82, 2.24) is 4.90 Å². The highest BCUT2D eigenvalue weighted by molar-refractivity contribution is 5.82. The van der Waals surface area contributed by atoms with E-state index >= 15 is 0 Å². The van der Waals surface area contributed by atoms with Crippen LogP contribution in [0.15, 0.2) is 0 Å². The largest absolute Gasteiger partial charge is 0.396 e. The van der Waals surface area contributed by atoms with Crippen LogP contribution in [0.5, 0.6) is 0 Å². The van der Waals surface area contributed by atoms with Crippen molar-refractivity contribution < 1.29 is 9.90 Å². The Morgan fingerprint density at radius 3 is 2.21 bits per heavy atom. The van der Waals surface area contributed by atoms with Gasteiger partial charge in [-0.1, -0.05) is 32.6 Å². The summed E-state index contributed by atoms with van der Waals surface area (Å²) in [7, 11) is 0. The summed E-state index contributed by atoms with van der Waals surface area (Å²) in [4.78, 5) is 14.3. The van der Waals surface area contributed by atoms with Gasteiger partial charge in [0.05, 0.1) is 5.41 Å². The van der Waals surface area contributed by atoms with Crippen LogP contribution in [-0.4, -0.2) is 42.2 Å². The van der Waals surface area contributed by atoms with E-state index in [1.54, 1.807) is 0 Å². The summed E-state index contributed by atoms with van der Waals surface area (Å²) in [6, 6.07) is 0. The van der Waals surface area contributed by atoms with Crippen molar-refractivity contribution in [3.8, 4) is 0 Å². The van der Waals surface area contributed by atoms with Crippen LogP contribution in [0.2, 0.25) is 0 Å². The van der Waals surface area contributed by atoms with Crippen LogP contribution in [0, 0.1) is 5.41 Å². The molecule has 0 aliphatic rings. The molecule has 0 saturated carbocycles. The Morgan fingerprint density at radius 2 is 1.68 bits per heavy atom. The number of carbonyl (C=O) groups is 1. The fourth-order valence-corrected chi connectivity index (χ4v) is 2.00. The monoisotopic (exact) mass is 272 g/mol. The summed E-state index contributed by atoms with van der Waals surface area (Å²) >= 11 is 0. The van der Waals surface area contributed by atoms with Gasteiger partial charge in [0.25, 0.3) is 0 Å². The molecule has 0 spiro atoms. The normalized spacial score (nSPS) is 11.6. The van der Waals surface area contributed by atoms with Crippen LogP contribution in [0.4, 0.5) is 0 Å². The summed E-state index contributed by atoms with van der Waals surface area (Å²) in [5.41, 5.74) is 5.17. The molecule has 0 rings (SSSR count). The number of carbonyl (C=O) groups excluding carboxylic acids is 1. The first-order chi connectivity index (χ1) is 8.99. The molecule has 4 heteroatoms. The number of rotatable bonds is 11. The topological polar surface area (TPSA) is 66.6 Å². The molecule has 0 saturated heterocycles. The Morgan fingerprint density at radius 1 is 1.11 bits per heavy atom. The Hall–Kier alpha value is -0.610. The Kier molecular flexibility index (Phi) is 9.88. The van der Waals surface area contributed by atoms with Crippen molar-refractivity contribution in [1.29, 1.82) is 0 Å². The van der Waals surface area contributed by atoms with Crippen LogP contribution < -0.4 is 5.73 Å². The molecule has 0 aliphatic heterocycles. The standard InChI is InChI=1S/C15H32N2O2/c1-4-5-6-7-8-10-17(11-9-12-18)14(19)15(2,3)13-16/h18H,4-13,16H2,1-3H3. The lowest BCUT2D eigenvalue weighted by molar-refractivity contribution is -0.140. The van der Waals surface area contributed by atoms with Crippen LogP contribution >= 0.6 is 0 Å². The average Bonchev–Trinajstić information content (AvgIpc) is 2.41. The van der Waals surface area contributed by atoms with Gasteiger partial charge >= 0.3 is 0 Å². The third-order valence-electron chi connectivity index (χ3n) is 3.49. The molecule has 0 radical (unpaired) electrons. The van der Waals surface area contributed by atoms with Gasteiger partial charge in [-0.05, 0) is 26.7 Å². The fourth-order valence-electron chi connectivity index (χ4n) is 2.00. The predicted molar refractivity (Wildman–Crippen MR) is 79.9 cm³/mol. The van der Waals surface area contributed by atoms with E-state index in [1.807, 2.05) is 18.7 Å². The first-order valence-corrected chi connectivity index (χ1v) is 7.60. The minimum Gasteiger partial charge on any atom is -0.396 e. The van der Waals surface area contributed by atoms with Crippen molar-refractivity contribution in [3.05, 3.63) is 0 Å². The van der Waals surface area contributed by atoms with E-state index in [2.05, 4.69) is 6.92 Å². The smallest absolute Gasteiger partial charge is 0.229 e. The zero-order valence-electron chi connectivity index (χ0n) is 13.0. The van der Waals surface area contributed by atoms with Gasteiger partial charge in [-0.25, -0.2) is 0 Å². The van der Waals surface area contributed by atoms with E-state index in [4.69, 9.17) is 10.8 Å². The molecule has 0 bridgehead atoms. The highest BCUT2D eigenvalue weighted by atomic mass is 16.3. The summed E-state index contributed by atoms with van der Waals surface area (Å²) in [5, 5.41) is 8.94. The third-order valence-corrected chi connectivity index (χ3v) is 3.49. The van der Waals surface area contributed by atoms with Gasteiger partial charge in [0.1, 0.15) is 0 Å². The molecule has 114 valence electrons. The molecule has 0 aliphatic carbocycles. The minimum absolute atomic E-state index is 0.110. The summed E-state index contributed by atoms with van der Waals surface area (Å²) in [6.45, 7) is 7.87. The second kappa shape index (κ2) is 10.2. The first kappa shape index (κ1) is 18.4. The van der Waals surface area contributed by atoms with Crippen molar-refractivity contribution in [2.45, 2.75) is 59.3 Å². The Labute approximate surface area is 118 Å². The van der Waals surface area contributed by atoms with Gasteiger partial charge < -0.3 is 15.7 Å². The van der Waals surface area contributed by atoms with Crippen LogP contribution in [0.3, 0.4) is 0 Å². The highest BCUT2D eigenvalue weighted by Gasteiger charge is 2.30. The van der Waals surface area contributed by atoms with Crippen LogP contribution in [-0.2, 0) is 4.79 Å². The van der Waals surface area contributed by atoms with E-state index in [9.17, 15) is 4.79 Å². The maximum atomic E-state index is 12.4. The van der Waals surface area contributed by atoms with Crippen molar-refractivity contribution in [2.24, 2.45) is 11.1 Å². The maximum Gasteiger partial charge on any atom is 0.229 e. The lowest BCUT2D eigenvalue weighted by Crippen LogP contribution is -2.45. The number of unbranched alkanes of at least 4 members (excludes halogenated alkanes) is 4. The van der Waals surface area contributed by atoms with E-state index in [-0.39, 0.29) is 12.5 Å². The van der Waals surface area contributed by atoms with Gasteiger partial charge in [0.2, 0.25) is 5.91 Å². The molecular formula is C15H32N2O2. The SMILES string of the molecule is CCCCCCCN(CCCO)C(=O)C(C)(C)CN. The maximum absolute atomic E-state index is 12.4. The van der Waals surface area contributed by atoms with Gasteiger partial charge in [-0.3, -0.25) is 4.79 Å². The number of amides is 1. The number of nitrogens with zero attached hydrogens (tertiary/aromatic N) is 1. The number of aliphatic hydroxyl groups excluding tert-OH is 1. The second-order valence-electron chi connectivity index (χ2n) is 5.87. The molecule has 0 aromatic heterocycles.